The van der Waals surface area contributed by atoms with E-state index in [0.29, 0.717) is 12.3 Å². The van der Waals surface area contributed by atoms with Crippen LogP contribution in [0.3, 0.4) is 0 Å². The van der Waals surface area contributed by atoms with Crippen molar-refractivity contribution in [2.24, 2.45) is 4.99 Å². The number of ether oxygens (including phenoxy) is 1. The summed E-state index contributed by atoms with van der Waals surface area (Å²) in [6.45, 7) is 3.73. The Morgan fingerprint density at radius 3 is 3.06 bits per heavy atom. The van der Waals surface area contributed by atoms with Gasteiger partial charge in [0.2, 0.25) is 0 Å². The zero-order valence-corrected chi connectivity index (χ0v) is 10.4. The van der Waals surface area contributed by atoms with Gasteiger partial charge in [-0.2, -0.15) is 0 Å². The molecule has 4 nitrogen and oxygen atoms in total. The van der Waals surface area contributed by atoms with Gasteiger partial charge < -0.3 is 15.4 Å². The molecule has 0 bridgehead atoms. The Morgan fingerprint density at radius 1 is 1.47 bits per heavy atom. The smallest absolute Gasteiger partial charge is 0.146 e. The zero-order valence-electron chi connectivity index (χ0n) is 10.4. The van der Waals surface area contributed by atoms with E-state index in [2.05, 4.69) is 23.9 Å². The summed E-state index contributed by atoms with van der Waals surface area (Å²) < 4.78 is 5.66. The van der Waals surface area contributed by atoms with Crippen LogP contribution < -0.4 is 10.5 Å². The van der Waals surface area contributed by atoms with Crippen LogP contribution in [0.5, 0.6) is 5.75 Å². The number of anilines is 1. The van der Waals surface area contributed by atoms with Crippen molar-refractivity contribution in [1.82, 2.24) is 4.90 Å². The second-order valence-electron chi connectivity index (χ2n) is 4.32. The summed E-state index contributed by atoms with van der Waals surface area (Å²) in [7, 11) is 2.05. The molecule has 0 saturated carbocycles. The number of hydrogen-bond donors (Lipinski definition) is 1. The minimum absolute atomic E-state index is 0.539. The topological polar surface area (TPSA) is 50.8 Å². The van der Waals surface area contributed by atoms with E-state index in [1.807, 2.05) is 18.2 Å². The summed E-state index contributed by atoms with van der Waals surface area (Å²) in [6, 6.07) is 5.55. The Labute approximate surface area is 102 Å². The summed E-state index contributed by atoms with van der Waals surface area (Å²) in [5.74, 6) is 1.78. The SMILES string of the molecule is CCCCN(C)C1=Nc2cc(N)ccc2OC1. The van der Waals surface area contributed by atoms with Crippen LogP contribution in [0.25, 0.3) is 0 Å². The molecule has 1 heterocycles. The highest BCUT2D eigenvalue weighted by Crippen LogP contribution is 2.32. The molecule has 1 aliphatic heterocycles. The number of nitrogens with zero attached hydrogens (tertiary/aromatic N) is 2. The number of amidine groups is 1. The molecule has 0 saturated heterocycles. The lowest BCUT2D eigenvalue weighted by atomic mass is 10.2. The van der Waals surface area contributed by atoms with E-state index < -0.39 is 0 Å². The fourth-order valence-corrected chi connectivity index (χ4v) is 1.78. The molecule has 0 fully saturated rings. The van der Waals surface area contributed by atoms with Crippen molar-refractivity contribution in [2.75, 3.05) is 25.9 Å². The third-order valence-corrected chi connectivity index (χ3v) is 2.88. The average Bonchev–Trinajstić information content (AvgIpc) is 2.35. The molecule has 0 aliphatic carbocycles. The van der Waals surface area contributed by atoms with Crippen molar-refractivity contribution < 1.29 is 4.74 Å². The van der Waals surface area contributed by atoms with Crippen molar-refractivity contribution in [2.45, 2.75) is 19.8 Å². The second kappa shape index (κ2) is 5.08. The molecular formula is C13H19N3O. The number of fused-ring (bicyclic) bond motifs is 1. The van der Waals surface area contributed by atoms with Gasteiger partial charge >= 0.3 is 0 Å². The molecule has 2 rings (SSSR count). The summed E-state index contributed by atoms with van der Waals surface area (Å²) in [5, 5.41) is 0. The summed E-state index contributed by atoms with van der Waals surface area (Å²) in [5.41, 5.74) is 7.29. The van der Waals surface area contributed by atoms with Gasteiger partial charge in [-0.15, -0.1) is 0 Å². The average molecular weight is 233 g/mol. The van der Waals surface area contributed by atoms with E-state index in [9.17, 15) is 0 Å². The molecule has 17 heavy (non-hydrogen) atoms. The van der Waals surface area contributed by atoms with Crippen LogP contribution in [-0.4, -0.2) is 30.9 Å². The van der Waals surface area contributed by atoms with Crippen LogP contribution in [0.15, 0.2) is 23.2 Å². The lowest BCUT2D eigenvalue weighted by Gasteiger charge is -2.25. The van der Waals surface area contributed by atoms with Crippen LogP contribution in [0.4, 0.5) is 11.4 Å². The number of hydrogen-bond acceptors (Lipinski definition) is 4. The standard InChI is InChI=1S/C13H19N3O/c1-3-4-7-16(2)13-9-17-12-6-5-10(14)8-11(12)15-13/h5-6,8H,3-4,7,9,14H2,1-2H3. The maximum absolute atomic E-state index is 5.75. The lowest BCUT2D eigenvalue weighted by Crippen LogP contribution is -2.33. The van der Waals surface area contributed by atoms with E-state index >= 15 is 0 Å². The van der Waals surface area contributed by atoms with Gasteiger partial charge in [0, 0.05) is 19.3 Å². The fraction of sp³-hybridized carbons (Fsp3) is 0.462. The van der Waals surface area contributed by atoms with E-state index in [1.54, 1.807) is 0 Å². The highest BCUT2D eigenvalue weighted by atomic mass is 16.5. The molecule has 0 spiro atoms. The van der Waals surface area contributed by atoms with E-state index in [-0.39, 0.29) is 0 Å². The minimum Gasteiger partial charge on any atom is -0.483 e. The molecule has 1 aromatic carbocycles. The minimum atomic E-state index is 0.539. The van der Waals surface area contributed by atoms with Crippen LogP contribution >= 0.6 is 0 Å². The first-order chi connectivity index (χ1) is 8.20. The van der Waals surface area contributed by atoms with Gasteiger partial charge in [-0.05, 0) is 24.6 Å². The van der Waals surface area contributed by atoms with E-state index in [1.165, 1.54) is 12.8 Å². The van der Waals surface area contributed by atoms with Gasteiger partial charge in [-0.25, -0.2) is 4.99 Å². The number of likely N-dealkylation sites (N-methyl/N-ethyl adjacent to an activating group) is 1. The van der Waals surface area contributed by atoms with E-state index in [4.69, 9.17) is 10.5 Å². The normalized spacial score (nSPS) is 13.6. The maximum Gasteiger partial charge on any atom is 0.146 e. The first kappa shape index (κ1) is 11.8. The number of unbranched alkanes of at least 4 members (excludes halogenated alkanes) is 1. The second-order valence-corrected chi connectivity index (χ2v) is 4.32. The van der Waals surface area contributed by atoms with E-state index in [0.717, 1.165) is 23.8 Å². The molecule has 0 aromatic heterocycles. The quantitative estimate of drug-likeness (QED) is 0.816. The molecule has 4 heteroatoms. The van der Waals surface area contributed by atoms with Gasteiger partial charge in [0.05, 0.1) is 0 Å². The predicted molar refractivity (Wildman–Crippen MR) is 71.0 cm³/mol. The Balaban J connectivity index is 2.16. The highest BCUT2D eigenvalue weighted by Gasteiger charge is 2.15. The molecule has 2 N–H and O–H groups in total. The van der Waals surface area contributed by atoms with Crippen LogP contribution in [-0.2, 0) is 0 Å². The lowest BCUT2D eigenvalue weighted by molar-refractivity contribution is 0.343. The number of rotatable bonds is 3. The predicted octanol–water partition coefficient (Wildman–Crippen LogP) is 2.42. The van der Waals surface area contributed by atoms with Gasteiger partial charge in [0.25, 0.3) is 0 Å². The van der Waals surface area contributed by atoms with Crippen molar-refractivity contribution >= 4 is 17.2 Å². The van der Waals surface area contributed by atoms with Gasteiger partial charge in [0.1, 0.15) is 23.9 Å². The Morgan fingerprint density at radius 2 is 2.29 bits per heavy atom. The Kier molecular flexibility index (Phi) is 3.52. The maximum atomic E-state index is 5.75. The molecule has 0 amide bonds. The molecule has 92 valence electrons. The van der Waals surface area contributed by atoms with Crippen molar-refractivity contribution in [1.29, 1.82) is 0 Å². The Bertz CT molecular complexity index is 429. The van der Waals surface area contributed by atoms with Crippen molar-refractivity contribution in [3.8, 4) is 5.75 Å². The number of nitrogens with two attached hydrogens (primary N) is 1. The monoisotopic (exact) mass is 233 g/mol. The Hall–Kier alpha value is -1.71. The largest absolute Gasteiger partial charge is 0.483 e. The van der Waals surface area contributed by atoms with Crippen LogP contribution in [0.2, 0.25) is 0 Å². The van der Waals surface area contributed by atoms with Crippen molar-refractivity contribution in [3.05, 3.63) is 18.2 Å². The molecule has 0 radical (unpaired) electrons. The third-order valence-electron chi connectivity index (χ3n) is 2.88. The highest BCUT2D eigenvalue weighted by molar-refractivity contribution is 5.89. The molecule has 0 atom stereocenters. The number of benzene rings is 1. The number of nitrogen functional groups attached to an aromatic ring is 1. The molecule has 0 unspecified atom stereocenters. The van der Waals surface area contributed by atoms with Crippen molar-refractivity contribution in [3.63, 3.8) is 0 Å². The van der Waals surface area contributed by atoms with Crippen LogP contribution in [0.1, 0.15) is 19.8 Å². The van der Waals surface area contributed by atoms with Gasteiger partial charge in [-0.1, -0.05) is 13.3 Å². The molecular weight excluding hydrogens is 214 g/mol. The molecule has 1 aromatic rings. The number of aliphatic imine (C=N–C) groups is 1. The van der Waals surface area contributed by atoms with Gasteiger partial charge in [-0.3, -0.25) is 0 Å². The third kappa shape index (κ3) is 2.70. The first-order valence-electron chi connectivity index (χ1n) is 6.01. The van der Waals surface area contributed by atoms with Crippen LogP contribution in [0, 0.1) is 0 Å². The first-order valence-corrected chi connectivity index (χ1v) is 6.01. The summed E-state index contributed by atoms with van der Waals surface area (Å²) in [6.07, 6.45) is 2.35. The molecule has 1 aliphatic rings. The summed E-state index contributed by atoms with van der Waals surface area (Å²) >= 11 is 0. The van der Waals surface area contributed by atoms with Gasteiger partial charge in [0.15, 0.2) is 0 Å². The zero-order chi connectivity index (χ0) is 12.3. The fourth-order valence-electron chi connectivity index (χ4n) is 1.78. The summed E-state index contributed by atoms with van der Waals surface area (Å²) in [4.78, 5) is 6.75.